The maximum Gasteiger partial charge on any atom is 0.260 e. The van der Waals surface area contributed by atoms with Crippen LogP contribution in [0.2, 0.25) is 0 Å². The van der Waals surface area contributed by atoms with Crippen LogP contribution in [-0.4, -0.2) is 34.5 Å². The lowest BCUT2D eigenvalue weighted by molar-refractivity contribution is -0.136. The van der Waals surface area contributed by atoms with Gasteiger partial charge in [0.05, 0.1) is 5.52 Å². The number of ether oxygens (including phenoxy) is 1. The lowest BCUT2D eigenvalue weighted by Crippen LogP contribution is -2.44. The fourth-order valence-corrected chi connectivity index (χ4v) is 3.32. The standard InChI is InChI=1S/C20H24N2O2/c1-13(2)22(14(3)4)20(23)12-24-15-9-10-17-16-7-5-6-8-18(16)21-19(17)11-15/h5-11,13-14,21H,12H2,1-4H3. The monoisotopic (exact) mass is 324 g/mol. The number of nitrogens with one attached hydrogen (secondary N) is 1. The van der Waals surface area contributed by atoms with Crippen LogP contribution in [0, 0.1) is 0 Å². The highest BCUT2D eigenvalue weighted by molar-refractivity contribution is 6.07. The molecular formula is C20H24N2O2. The van der Waals surface area contributed by atoms with Crippen molar-refractivity contribution in [2.45, 2.75) is 39.8 Å². The summed E-state index contributed by atoms with van der Waals surface area (Å²) in [5.41, 5.74) is 2.12. The highest BCUT2D eigenvalue weighted by Crippen LogP contribution is 2.28. The number of hydrogen-bond acceptors (Lipinski definition) is 2. The largest absolute Gasteiger partial charge is 0.484 e. The Labute approximate surface area is 142 Å². The van der Waals surface area contributed by atoms with E-state index in [1.165, 1.54) is 5.39 Å². The van der Waals surface area contributed by atoms with Gasteiger partial charge in [0.15, 0.2) is 6.61 Å². The van der Waals surface area contributed by atoms with Gasteiger partial charge in [-0.25, -0.2) is 0 Å². The summed E-state index contributed by atoms with van der Waals surface area (Å²) in [6.45, 7) is 8.15. The number of H-pyrrole nitrogens is 1. The van der Waals surface area contributed by atoms with E-state index in [1.54, 1.807) is 0 Å². The summed E-state index contributed by atoms with van der Waals surface area (Å²) in [6.07, 6.45) is 0. The van der Waals surface area contributed by atoms with E-state index in [0.29, 0.717) is 5.75 Å². The van der Waals surface area contributed by atoms with Gasteiger partial charge in [-0.3, -0.25) is 4.79 Å². The number of rotatable bonds is 5. The molecule has 1 aromatic heterocycles. The number of aromatic amines is 1. The van der Waals surface area contributed by atoms with E-state index in [0.717, 1.165) is 16.4 Å². The summed E-state index contributed by atoms with van der Waals surface area (Å²) in [5.74, 6) is 0.714. The van der Waals surface area contributed by atoms with E-state index in [1.807, 2.05) is 62.9 Å². The minimum atomic E-state index is 0.0109. The first kappa shape index (κ1) is 16.4. The van der Waals surface area contributed by atoms with Crippen molar-refractivity contribution in [2.24, 2.45) is 0 Å². The highest BCUT2D eigenvalue weighted by atomic mass is 16.5. The number of para-hydroxylation sites is 1. The molecule has 4 heteroatoms. The van der Waals surface area contributed by atoms with Gasteiger partial charge in [-0.1, -0.05) is 18.2 Å². The van der Waals surface area contributed by atoms with Crippen LogP contribution < -0.4 is 4.74 Å². The van der Waals surface area contributed by atoms with Gasteiger partial charge in [0.2, 0.25) is 0 Å². The Balaban J connectivity index is 1.78. The zero-order chi connectivity index (χ0) is 17.3. The fraction of sp³-hybridized carbons (Fsp3) is 0.350. The molecule has 0 bridgehead atoms. The molecule has 0 radical (unpaired) electrons. The number of benzene rings is 2. The molecule has 4 nitrogen and oxygen atoms in total. The molecule has 0 aliphatic heterocycles. The zero-order valence-electron chi connectivity index (χ0n) is 14.7. The Morgan fingerprint density at radius 2 is 1.67 bits per heavy atom. The van der Waals surface area contributed by atoms with Crippen molar-refractivity contribution in [3.63, 3.8) is 0 Å². The average Bonchev–Trinajstić information content (AvgIpc) is 2.89. The van der Waals surface area contributed by atoms with Gasteiger partial charge in [0, 0.05) is 34.4 Å². The topological polar surface area (TPSA) is 45.3 Å². The maximum atomic E-state index is 12.4. The van der Waals surface area contributed by atoms with E-state index in [9.17, 15) is 4.79 Å². The smallest absolute Gasteiger partial charge is 0.260 e. The molecule has 0 saturated heterocycles. The van der Waals surface area contributed by atoms with Gasteiger partial charge in [0.25, 0.3) is 5.91 Å². The van der Waals surface area contributed by atoms with Crippen molar-refractivity contribution < 1.29 is 9.53 Å². The Hall–Kier alpha value is -2.49. The van der Waals surface area contributed by atoms with Gasteiger partial charge in [-0.05, 0) is 45.9 Å². The molecule has 0 unspecified atom stereocenters. The van der Waals surface area contributed by atoms with Crippen molar-refractivity contribution in [2.75, 3.05) is 6.61 Å². The van der Waals surface area contributed by atoms with Gasteiger partial charge < -0.3 is 14.6 Å². The number of aromatic nitrogens is 1. The minimum Gasteiger partial charge on any atom is -0.484 e. The van der Waals surface area contributed by atoms with E-state index >= 15 is 0 Å². The average molecular weight is 324 g/mol. The number of carbonyl (C=O) groups is 1. The Kier molecular flexibility index (Phi) is 4.47. The number of nitrogens with zero attached hydrogens (tertiary/aromatic N) is 1. The summed E-state index contributed by atoms with van der Waals surface area (Å²) >= 11 is 0. The molecular weight excluding hydrogens is 300 g/mol. The normalized spacial score (nSPS) is 11.6. The summed E-state index contributed by atoms with van der Waals surface area (Å²) < 4.78 is 5.74. The third-order valence-electron chi connectivity index (χ3n) is 4.24. The highest BCUT2D eigenvalue weighted by Gasteiger charge is 2.20. The third kappa shape index (κ3) is 3.09. The van der Waals surface area contributed by atoms with Crippen LogP contribution in [0.4, 0.5) is 0 Å². The second-order valence-electron chi connectivity index (χ2n) is 6.66. The van der Waals surface area contributed by atoms with Crippen molar-refractivity contribution >= 4 is 27.7 Å². The molecule has 24 heavy (non-hydrogen) atoms. The fourth-order valence-electron chi connectivity index (χ4n) is 3.32. The number of hydrogen-bond donors (Lipinski definition) is 1. The Bertz CT molecular complexity index is 856. The third-order valence-corrected chi connectivity index (χ3v) is 4.24. The van der Waals surface area contributed by atoms with Crippen LogP contribution in [0.15, 0.2) is 42.5 Å². The second kappa shape index (κ2) is 6.56. The summed E-state index contributed by atoms with van der Waals surface area (Å²) in [4.78, 5) is 17.6. The molecule has 1 N–H and O–H groups in total. The van der Waals surface area contributed by atoms with Crippen LogP contribution in [0.25, 0.3) is 21.8 Å². The molecule has 3 rings (SSSR count). The second-order valence-corrected chi connectivity index (χ2v) is 6.66. The van der Waals surface area contributed by atoms with Gasteiger partial charge in [0.1, 0.15) is 5.75 Å². The quantitative estimate of drug-likeness (QED) is 0.758. The Morgan fingerprint density at radius 1 is 1.00 bits per heavy atom. The van der Waals surface area contributed by atoms with E-state index in [-0.39, 0.29) is 24.6 Å². The molecule has 0 spiro atoms. The number of amides is 1. The van der Waals surface area contributed by atoms with Crippen molar-refractivity contribution in [3.05, 3.63) is 42.5 Å². The van der Waals surface area contributed by atoms with Crippen LogP contribution in [-0.2, 0) is 4.79 Å². The lowest BCUT2D eigenvalue weighted by Gasteiger charge is -2.30. The van der Waals surface area contributed by atoms with Crippen LogP contribution in [0.1, 0.15) is 27.7 Å². The molecule has 0 saturated carbocycles. The van der Waals surface area contributed by atoms with Crippen LogP contribution in [0.5, 0.6) is 5.75 Å². The molecule has 1 heterocycles. The minimum absolute atomic E-state index is 0.0109. The molecule has 0 fully saturated rings. The molecule has 2 aromatic carbocycles. The van der Waals surface area contributed by atoms with E-state index in [4.69, 9.17) is 4.74 Å². The Morgan fingerprint density at radius 3 is 2.38 bits per heavy atom. The molecule has 0 atom stereocenters. The van der Waals surface area contributed by atoms with E-state index in [2.05, 4.69) is 17.1 Å². The molecule has 3 aromatic rings. The predicted octanol–water partition coefficient (Wildman–Crippen LogP) is 4.35. The molecule has 1 amide bonds. The summed E-state index contributed by atoms with van der Waals surface area (Å²) in [5, 5.41) is 2.36. The van der Waals surface area contributed by atoms with Gasteiger partial charge >= 0.3 is 0 Å². The van der Waals surface area contributed by atoms with Crippen molar-refractivity contribution in [3.8, 4) is 5.75 Å². The van der Waals surface area contributed by atoms with Gasteiger partial charge in [-0.15, -0.1) is 0 Å². The molecule has 126 valence electrons. The van der Waals surface area contributed by atoms with E-state index < -0.39 is 0 Å². The molecule has 0 aliphatic carbocycles. The summed E-state index contributed by atoms with van der Waals surface area (Å²) in [7, 11) is 0. The van der Waals surface area contributed by atoms with Crippen molar-refractivity contribution in [1.82, 2.24) is 9.88 Å². The first-order valence-corrected chi connectivity index (χ1v) is 8.42. The number of carbonyl (C=O) groups excluding carboxylic acids is 1. The van der Waals surface area contributed by atoms with Crippen LogP contribution >= 0.6 is 0 Å². The zero-order valence-corrected chi connectivity index (χ0v) is 14.7. The summed E-state index contributed by atoms with van der Waals surface area (Å²) in [6, 6.07) is 14.4. The SMILES string of the molecule is CC(C)N(C(=O)COc1ccc2c(c1)[nH]c1ccccc12)C(C)C. The van der Waals surface area contributed by atoms with Gasteiger partial charge in [-0.2, -0.15) is 0 Å². The first-order valence-electron chi connectivity index (χ1n) is 8.42. The van der Waals surface area contributed by atoms with Crippen molar-refractivity contribution in [1.29, 1.82) is 0 Å². The maximum absolute atomic E-state index is 12.4. The number of fused-ring (bicyclic) bond motifs is 3. The van der Waals surface area contributed by atoms with Crippen LogP contribution in [0.3, 0.4) is 0 Å². The molecule has 0 aliphatic rings. The first-order chi connectivity index (χ1) is 11.5. The lowest BCUT2D eigenvalue weighted by atomic mass is 10.1. The predicted molar refractivity (Wildman–Crippen MR) is 98.4 cm³/mol.